The largest absolute Gasteiger partial charge is 0.481 e. The Labute approximate surface area is 118 Å². The zero-order chi connectivity index (χ0) is 13.8. The molecule has 0 radical (unpaired) electrons. The van der Waals surface area contributed by atoms with Crippen LogP contribution in [0.2, 0.25) is 5.02 Å². The van der Waals surface area contributed by atoms with Crippen molar-refractivity contribution in [1.29, 1.82) is 0 Å². The summed E-state index contributed by atoms with van der Waals surface area (Å²) in [6, 6.07) is 7.58. The molecule has 4 nitrogen and oxygen atoms in total. The molecular weight excluding hydrogens is 262 g/mol. The van der Waals surface area contributed by atoms with Crippen molar-refractivity contribution >= 4 is 11.6 Å². The lowest BCUT2D eigenvalue weighted by Gasteiger charge is -2.09. The molecular formula is C14H18ClN3O. The van der Waals surface area contributed by atoms with Crippen LogP contribution in [0.1, 0.15) is 18.2 Å². The number of hydrogen-bond donors (Lipinski definition) is 1. The van der Waals surface area contributed by atoms with E-state index in [1.165, 1.54) is 0 Å². The third-order valence-electron chi connectivity index (χ3n) is 3.02. The lowest BCUT2D eigenvalue weighted by Crippen LogP contribution is -2.06. The van der Waals surface area contributed by atoms with Gasteiger partial charge in [0.25, 0.3) is 0 Å². The minimum Gasteiger partial charge on any atom is -0.481 e. The number of rotatable bonds is 5. The summed E-state index contributed by atoms with van der Waals surface area (Å²) in [5.74, 6) is 0.718. The van der Waals surface area contributed by atoms with Crippen LogP contribution in [-0.4, -0.2) is 23.4 Å². The predicted molar refractivity (Wildman–Crippen MR) is 77.3 cm³/mol. The van der Waals surface area contributed by atoms with Gasteiger partial charge in [0.05, 0.1) is 23.5 Å². The molecule has 0 saturated carbocycles. The van der Waals surface area contributed by atoms with Crippen molar-refractivity contribution in [3.8, 4) is 11.6 Å². The van der Waals surface area contributed by atoms with Crippen LogP contribution >= 0.6 is 11.6 Å². The fourth-order valence-electron chi connectivity index (χ4n) is 2.15. The van der Waals surface area contributed by atoms with Gasteiger partial charge in [-0.2, -0.15) is 9.78 Å². The Morgan fingerprint density at radius 3 is 2.68 bits per heavy atom. The number of methoxy groups -OCH3 is 1. The molecule has 0 amide bonds. The van der Waals surface area contributed by atoms with Crippen LogP contribution < -0.4 is 10.5 Å². The zero-order valence-corrected chi connectivity index (χ0v) is 11.9. The molecule has 0 atom stereocenters. The van der Waals surface area contributed by atoms with E-state index in [1.54, 1.807) is 11.8 Å². The molecule has 102 valence electrons. The third kappa shape index (κ3) is 2.60. The van der Waals surface area contributed by atoms with Crippen LogP contribution in [-0.2, 0) is 12.8 Å². The first kappa shape index (κ1) is 13.9. The summed E-state index contributed by atoms with van der Waals surface area (Å²) >= 11 is 6.23. The van der Waals surface area contributed by atoms with E-state index < -0.39 is 0 Å². The van der Waals surface area contributed by atoms with Crippen LogP contribution in [0.15, 0.2) is 24.3 Å². The second-order valence-corrected chi connectivity index (χ2v) is 4.60. The lowest BCUT2D eigenvalue weighted by atomic mass is 10.1. The Kier molecular flexibility index (Phi) is 4.45. The number of nitrogens with zero attached hydrogens (tertiary/aromatic N) is 2. The van der Waals surface area contributed by atoms with Crippen LogP contribution in [0.3, 0.4) is 0 Å². The standard InChI is InChI=1S/C14H18ClN3O/c1-3-12-10(8-9-16)14(19-2)18(17-12)13-7-5-4-6-11(13)15/h4-7H,3,8-9,16H2,1-2H3. The maximum Gasteiger partial charge on any atom is 0.220 e. The Hall–Kier alpha value is -1.52. The van der Waals surface area contributed by atoms with E-state index in [1.807, 2.05) is 24.3 Å². The average molecular weight is 280 g/mol. The van der Waals surface area contributed by atoms with Gasteiger partial charge in [0, 0.05) is 5.56 Å². The summed E-state index contributed by atoms with van der Waals surface area (Å²) in [7, 11) is 1.64. The Bertz CT molecular complexity index is 566. The first-order chi connectivity index (χ1) is 9.22. The highest BCUT2D eigenvalue weighted by Crippen LogP contribution is 2.29. The highest BCUT2D eigenvalue weighted by Gasteiger charge is 2.19. The topological polar surface area (TPSA) is 53.1 Å². The monoisotopic (exact) mass is 279 g/mol. The molecule has 2 N–H and O–H groups in total. The first-order valence-electron chi connectivity index (χ1n) is 6.32. The highest BCUT2D eigenvalue weighted by atomic mass is 35.5. The molecule has 0 saturated heterocycles. The maximum absolute atomic E-state index is 6.23. The molecule has 0 fully saturated rings. The van der Waals surface area contributed by atoms with E-state index in [9.17, 15) is 0 Å². The summed E-state index contributed by atoms with van der Waals surface area (Å²) in [6.07, 6.45) is 1.58. The van der Waals surface area contributed by atoms with Gasteiger partial charge in [-0.25, -0.2) is 0 Å². The van der Waals surface area contributed by atoms with E-state index in [2.05, 4.69) is 12.0 Å². The molecule has 0 unspecified atom stereocenters. The number of aromatic nitrogens is 2. The lowest BCUT2D eigenvalue weighted by molar-refractivity contribution is 0.379. The summed E-state index contributed by atoms with van der Waals surface area (Å²) < 4.78 is 7.26. The molecule has 0 spiro atoms. The van der Waals surface area contributed by atoms with Gasteiger partial charge in [0.2, 0.25) is 5.88 Å². The Morgan fingerprint density at radius 1 is 1.37 bits per heavy atom. The maximum atomic E-state index is 6.23. The molecule has 5 heteroatoms. The number of benzene rings is 1. The molecule has 0 bridgehead atoms. The molecule has 19 heavy (non-hydrogen) atoms. The molecule has 0 aliphatic rings. The van der Waals surface area contributed by atoms with Gasteiger partial charge in [-0.1, -0.05) is 30.7 Å². The molecule has 1 heterocycles. The molecule has 0 aliphatic carbocycles. The van der Waals surface area contributed by atoms with Gasteiger partial charge in [-0.15, -0.1) is 0 Å². The minimum absolute atomic E-state index is 0.567. The summed E-state index contributed by atoms with van der Waals surface area (Å²) in [5.41, 5.74) is 8.55. The molecule has 1 aromatic carbocycles. The molecule has 0 aliphatic heterocycles. The van der Waals surface area contributed by atoms with Crippen LogP contribution in [0.4, 0.5) is 0 Å². The first-order valence-corrected chi connectivity index (χ1v) is 6.70. The number of ether oxygens (including phenoxy) is 1. The number of halogens is 1. The fourth-order valence-corrected chi connectivity index (χ4v) is 2.37. The zero-order valence-electron chi connectivity index (χ0n) is 11.2. The number of para-hydroxylation sites is 1. The number of hydrogen-bond acceptors (Lipinski definition) is 3. The van der Waals surface area contributed by atoms with Crippen molar-refractivity contribution in [2.75, 3.05) is 13.7 Å². The molecule has 2 aromatic rings. The van der Waals surface area contributed by atoms with Crippen molar-refractivity contribution in [2.45, 2.75) is 19.8 Å². The smallest absolute Gasteiger partial charge is 0.220 e. The third-order valence-corrected chi connectivity index (χ3v) is 3.34. The summed E-state index contributed by atoms with van der Waals surface area (Å²) in [5, 5.41) is 5.24. The van der Waals surface area contributed by atoms with Gasteiger partial charge in [-0.3, -0.25) is 0 Å². The van der Waals surface area contributed by atoms with E-state index in [0.29, 0.717) is 11.6 Å². The van der Waals surface area contributed by atoms with Gasteiger partial charge >= 0.3 is 0 Å². The second-order valence-electron chi connectivity index (χ2n) is 4.19. The van der Waals surface area contributed by atoms with E-state index >= 15 is 0 Å². The predicted octanol–water partition coefficient (Wildman–Crippen LogP) is 2.60. The Balaban J connectivity index is 2.60. The quantitative estimate of drug-likeness (QED) is 0.915. The molecule has 2 rings (SSSR count). The van der Waals surface area contributed by atoms with E-state index in [4.69, 9.17) is 22.1 Å². The number of aryl methyl sites for hydroxylation is 1. The normalized spacial score (nSPS) is 10.7. The van der Waals surface area contributed by atoms with Gasteiger partial charge in [0.15, 0.2) is 0 Å². The number of nitrogens with two attached hydrogens (primary N) is 1. The average Bonchev–Trinajstić information content (AvgIpc) is 2.77. The van der Waals surface area contributed by atoms with Crippen molar-refractivity contribution in [2.24, 2.45) is 5.73 Å². The highest BCUT2D eigenvalue weighted by molar-refractivity contribution is 6.32. The van der Waals surface area contributed by atoms with Crippen LogP contribution in [0, 0.1) is 0 Å². The van der Waals surface area contributed by atoms with Crippen molar-refractivity contribution in [3.63, 3.8) is 0 Å². The minimum atomic E-state index is 0.567. The van der Waals surface area contributed by atoms with Gasteiger partial charge < -0.3 is 10.5 Å². The summed E-state index contributed by atoms with van der Waals surface area (Å²) in [4.78, 5) is 0. The van der Waals surface area contributed by atoms with E-state index in [-0.39, 0.29) is 0 Å². The van der Waals surface area contributed by atoms with Crippen LogP contribution in [0.25, 0.3) is 5.69 Å². The van der Waals surface area contributed by atoms with Gasteiger partial charge in [-0.05, 0) is 31.5 Å². The van der Waals surface area contributed by atoms with Gasteiger partial charge in [0.1, 0.15) is 0 Å². The van der Waals surface area contributed by atoms with Crippen LogP contribution in [0.5, 0.6) is 5.88 Å². The van der Waals surface area contributed by atoms with Crippen molar-refractivity contribution in [3.05, 3.63) is 40.5 Å². The van der Waals surface area contributed by atoms with Crippen molar-refractivity contribution < 1.29 is 4.74 Å². The SMILES string of the molecule is CCc1nn(-c2ccccc2Cl)c(OC)c1CCN. The van der Waals surface area contributed by atoms with E-state index in [0.717, 1.165) is 35.7 Å². The molecule has 1 aromatic heterocycles. The Morgan fingerprint density at radius 2 is 2.11 bits per heavy atom. The summed E-state index contributed by atoms with van der Waals surface area (Å²) in [6.45, 7) is 2.64. The van der Waals surface area contributed by atoms with Crippen molar-refractivity contribution in [1.82, 2.24) is 9.78 Å². The fraction of sp³-hybridized carbons (Fsp3) is 0.357. The second kappa shape index (κ2) is 6.08.